The molecule has 0 radical (unpaired) electrons. The molecule has 0 fully saturated rings. The van der Waals surface area contributed by atoms with Crippen molar-refractivity contribution in [3.8, 4) is 0 Å². The van der Waals surface area contributed by atoms with E-state index >= 15 is 0 Å². The minimum Gasteiger partial charge on any atom is -0.364 e. The molecule has 2 aliphatic heterocycles. The Bertz CT molecular complexity index is 1030. The van der Waals surface area contributed by atoms with Gasteiger partial charge in [-0.15, -0.1) is 5.73 Å². The van der Waals surface area contributed by atoms with Crippen molar-refractivity contribution in [1.82, 2.24) is 0 Å². The van der Waals surface area contributed by atoms with Gasteiger partial charge in [0.05, 0.1) is 11.5 Å². The lowest BCUT2D eigenvalue weighted by Gasteiger charge is -2.31. The second-order valence-corrected chi connectivity index (χ2v) is 9.22. The fraction of sp³-hybridized carbons (Fsp3) is 0.407. The summed E-state index contributed by atoms with van der Waals surface area (Å²) in [5.74, 6) is 0. The largest absolute Gasteiger partial charge is 0.364 e. The summed E-state index contributed by atoms with van der Waals surface area (Å²) in [5, 5.41) is 0. The molecule has 0 saturated heterocycles. The summed E-state index contributed by atoms with van der Waals surface area (Å²) in [6.45, 7) is 15.8. The van der Waals surface area contributed by atoms with E-state index in [1.807, 2.05) is 0 Å². The molecule has 0 amide bonds. The molecule has 0 aliphatic carbocycles. The predicted octanol–water partition coefficient (Wildman–Crippen LogP) is 5.98. The minimum atomic E-state index is -0.00789. The fourth-order valence-electron chi connectivity index (χ4n) is 5.29. The summed E-state index contributed by atoms with van der Waals surface area (Å²) in [6, 6.07) is 17.9. The lowest BCUT2D eigenvalue weighted by molar-refractivity contribution is -0.433. The van der Waals surface area contributed by atoms with E-state index in [9.17, 15) is 0 Å². The van der Waals surface area contributed by atoms with E-state index in [1.165, 1.54) is 28.2 Å². The first-order valence-corrected chi connectivity index (χ1v) is 10.9. The molecule has 2 aromatic carbocycles. The third-order valence-corrected chi connectivity index (χ3v) is 6.91. The molecule has 0 aromatic heterocycles. The van der Waals surface area contributed by atoms with Crippen molar-refractivity contribution in [1.29, 1.82) is 0 Å². The van der Waals surface area contributed by atoms with Crippen LogP contribution in [0.2, 0.25) is 0 Å². The zero-order valence-corrected chi connectivity index (χ0v) is 18.7. The maximum atomic E-state index is 3.61. The molecule has 0 bridgehead atoms. The minimum absolute atomic E-state index is 0.00789. The van der Waals surface area contributed by atoms with Crippen LogP contribution < -0.4 is 4.90 Å². The van der Waals surface area contributed by atoms with E-state index < -0.39 is 0 Å². The average molecular weight is 386 g/mol. The molecule has 2 aromatic rings. The topological polar surface area (TPSA) is 6.25 Å². The molecule has 29 heavy (non-hydrogen) atoms. The molecule has 0 saturated carbocycles. The van der Waals surface area contributed by atoms with Crippen molar-refractivity contribution in [2.45, 2.75) is 58.4 Å². The number of para-hydroxylation sites is 2. The van der Waals surface area contributed by atoms with Crippen molar-refractivity contribution in [2.24, 2.45) is 0 Å². The van der Waals surface area contributed by atoms with Crippen LogP contribution in [0.25, 0.3) is 0 Å². The van der Waals surface area contributed by atoms with Crippen molar-refractivity contribution in [3.05, 3.63) is 77.5 Å². The van der Waals surface area contributed by atoms with Gasteiger partial charge in [-0.3, -0.25) is 0 Å². The number of anilines is 1. The lowest BCUT2D eigenvalue weighted by Crippen LogP contribution is -2.39. The number of fused-ring (bicyclic) bond motifs is 2. The van der Waals surface area contributed by atoms with E-state index in [4.69, 9.17) is 0 Å². The molecule has 2 heterocycles. The Morgan fingerprint density at radius 1 is 0.966 bits per heavy atom. The molecule has 0 spiro atoms. The normalized spacial score (nSPS) is 20.9. The van der Waals surface area contributed by atoms with Crippen LogP contribution in [0.15, 0.2) is 66.4 Å². The summed E-state index contributed by atoms with van der Waals surface area (Å²) in [4.78, 5) is 2.51. The van der Waals surface area contributed by atoms with Gasteiger partial charge in [0.1, 0.15) is 6.54 Å². The van der Waals surface area contributed by atoms with Gasteiger partial charge in [-0.1, -0.05) is 50.2 Å². The smallest absolute Gasteiger partial charge is 0.209 e. The van der Waals surface area contributed by atoms with Crippen molar-refractivity contribution < 1.29 is 4.58 Å². The summed E-state index contributed by atoms with van der Waals surface area (Å²) in [5.41, 5.74) is 10.5. The molecule has 0 N–H and O–H groups in total. The number of hydrogen-bond acceptors (Lipinski definition) is 1. The van der Waals surface area contributed by atoms with Crippen LogP contribution in [-0.2, 0) is 10.8 Å². The van der Waals surface area contributed by atoms with Crippen LogP contribution in [0.1, 0.15) is 52.7 Å². The maximum Gasteiger partial charge on any atom is 0.209 e. The van der Waals surface area contributed by atoms with Gasteiger partial charge in [-0.25, -0.2) is 0 Å². The quantitative estimate of drug-likeness (QED) is 0.463. The fourth-order valence-corrected chi connectivity index (χ4v) is 5.29. The number of nitrogens with zero attached hydrogens (tertiary/aromatic N) is 2. The Morgan fingerprint density at radius 2 is 1.62 bits per heavy atom. The number of likely N-dealkylation sites (N-methyl/N-ethyl adjacent to an activating group) is 1. The first kappa shape index (κ1) is 19.7. The molecule has 4 rings (SSSR count). The molecule has 1 atom stereocenters. The summed E-state index contributed by atoms with van der Waals surface area (Å²) >= 11 is 0. The van der Waals surface area contributed by atoms with Crippen LogP contribution >= 0.6 is 0 Å². The Balaban J connectivity index is 1.75. The van der Waals surface area contributed by atoms with E-state index in [2.05, 4.69) is 117 Å². The van der Waals surface area contributed by atoms with Crippen LogP contribution in [0.3, 0.4) is 0 Å². The van der Waals surface area contributed by atoms with Gasteiger partial charge in [0.2, 0.25) is 5.69 Å². The van der Waals surface area contributed by atoms with Gasteiger partial charge in [-0.2, -0.15) is 4.58 Å². The van der Waals surface area contributed by atoms with E-state index in [0.29, 0.717) is 6.04 Å². The Morgan fingerprint density at radius 3 is 2.31 bits per heavy atom. The van der Waals surface area contributed by atoms with Crippen LogP contribution in [-0.4, -0.2) is 29.4 Å². The molecule has 150 valence electrons. The highest BCUT2D eigenvalue weighted by Gasteiger charge is 2.44. The van der Waals surface area contributed by atoms with Crippen LogP contribution in [0.5, 0.6) is 0 Å². The molecule has 1 unspecified atom stereocenters. The van der Waals surface area contributed by atoms with Crippen molar-refractivity contribution in [3.63, 3.8) is 0 Å². The SMILES string of the molecule is CCN1c2ccccc2C(C)(C)C1C=C=CC1=[N+](CC)c2ccccc2C1(C)C. The van der Waals surface area contributed by atoms with Crippen molar-refractivity contribution >= 4 is 17.1 Å². The van der Waals surface area contributed by atoms with E-state index in [1.54, 1.807) is 0 Å². The zero-order chi connectivity index (χ0) is 20.8. The Hall–Kier alpha value is -2.57. The van der Waals surface area contributed by atoms with Gasteiger partial charge >= 0.3 is 0 Å². The van der Waals surface area contributed by atoms with Gasteiger partial charge < -0.3 is 4.90 Å². The van der Waals surface area contributed by atoms with Crippen LogP contribution in [0.4, 0.5) is 11.4 Å². The van der Waals surface area contributed by atoms with Gasteiger partial charge in [-0.05, 0) is 45.4 Å². The van der Waals surface area contributed by atoms with Gasteiger partial charge in [0, 0.05) is 35.4 Å². The van der Waals surface area contributed by atoms with Crippen LogP contribution in [0, 0.1) is 0 Å². The number of rotatable bonds is 4. The monoisotopic (exact) mass is 385 g/mol. The molecule has 2 nitrogen and oxygen atoms in total. The predicted molar refractivity (Wildman–Crippen MR) is 124 cm³/mol. The van der Waals surface area contributed by atoms with E-state index in [-0.39, 0.29) is 10.8 Å². The Kier molecular flexibility index (Phi) is 4.79. The summed E-state index contributed by atoms with van der Waals surface area (Å²) < 4.78 is 2.43. The molecule has 2 aliphatic rings. The highest BCUT2D eigenvalue weighted by Crippen LogP contribution is 2.45. The maximum absolute atomic E-state index is 3.61. The second kappa shape index (κ2) is 7.04. The third-order valence-electron chi connectivity index (χ3n) is 6.91. The van der Waals surface area contributed by atoms with Gasteiger partial charge in [0.15, 0.2) is 5.71 Å². The zero-order valence-electron chi connectivity index (χ0n) is 18.7. The highest BCUT2D eigenvalue weighted by atomic mass is 15.2. The van der Waals surface area contributed by atoms with Gasteiger partial charge in [0.25, 0.3) is 0 Å². The lowest BCUT2D eigenvalue weighted by atomic mass is 9.80. The van der Waals surface area contributed by atoms with E-state index in [0.717, 1.165) is 13.1 Å². The standard InChI is InChI=1S/C27H33N2/c1-7-28-22-16-11-9-14-20(22)26(3,4)24(28)18-13-19-25-27(5,6)21-15-10-12-17-23(21)29(25)8-2/h9-12,14-19,24H,7-8H2,1-6H3/q+1. The summed E-state index contributed by atoms with van der Waals surface area (Å²) in [6.07, 6.45) is 4.50. The van der Waals surface area contributed by atoms with Crippen molar-refractivity contribution in [2.75, 3.05) is 18.0 Å². The first-order valence-electron chi connectivity index (χ1n) is 10.9. The third kappa shape index (κ3) is 2.90. The molecular formula is C27H33N2+. The first-order chi connectivity index (χ1) is 13.8. The molecule has 2 heteroatoms. The Labute approximate surface area is 175 Å². The molecular weight excluding hydrogens is 352 g/mol. The second-order valence-electron chi connectivity index (χ2n) is 9.22. The number of benzene rings is 2. The summed E-state index contributed by atoms with van der Waals surface area (Å²) in [7, 11) is 0. The average Bonchev–Trinajstić information content (AvgIpc) is 3.07. The highest BCUT2D eigenvalue weighted by molar-refractivity contribution is 6.02. The number of hydrogen-bond donors (Lipinski definition) is 0.